The highest BCUT2D eigenvalue weighted by atomic mass is 32.2. The van der Waals surface area contributed by atoms with Gasteiger partial charge in [-0.1, -0.05) is 18.9 Å². The molecule has 0 bridgehead atoms. The van der Waals surface area contributed by atoms with Crippen molar-refractivity contribution in [2.45, 2.75) is 13.3 Å². The molecule has 0 atom stereocenters. The number of hydrogen-bond acceptors (Lipinski definition) is 6. The molecule has 186 valence electrons. The molecule has 0 aliphatic carbocycles. The Hall–Kier alpha value is -3.43. The number of piperazine rings is 1. The highest BCUT2D eigenvalue weighted by Crippen LogP contribution is 2.37. The smallest absolute Gasteiger partial charge is 0.155 e. The van der Waals surface area contributed by atoms with Crippen LogP contribution in [0, 0.1) is 11.6 Å². The van der Waals surface area contributed by atoms with Crippen LogP contribution in [-0.2, 0) is 0 Å². The molecule has 1 saturated heterocycles. The third-order valence-electron chi connectivity index (χ3n) is 6.08. The summed E-state index contributed by atoms with van der Waals surface area (Å²) in [4.78, 5) is 6.43. The maximum absolute atomic E-state index is 15.6. The summed E-state index contributed by atoms with van der Waals surface area (Å²) in [5.41, 5.74) is 4.10. The summed E-state index contributed by atoms with van der Waals surface area (Å²) < 4.78 is 34.9. The van der Waals surface area contributed by atoms with Gasteiger partial charge < -0.3 is 14.9 Å². The van der Waals surface area contributed by atoms with Gasteiger partial charge in [-0.25, -0.2) is 13.5 Å². The van der Waals surface area contributed by atoms with Gasteiger partial charge in [0, 0.05) is 79.0 Å². The third kappa shape index (κ3) is 5.22. The highest BCUT2D eigenvalue weighted by molar-refractivity contribution is 8.00. The van der Waals surface area contributed by atoms with Gasteiger partial charge in [0.1, 0.15) is 11.5 Å². The fourth-order valence-corrected chi connectivity index (χ4v) is 4.87. The molecule has 4 aromatic rings. The SMILES string of the molecule is CCCSNc1cc(F)cc(-c2cn(-c3ccc(N4CCNCC4)cc3)nc2-c2ccncc2)c1F. The van der Waals surface area contributed by atoms with Gasteiger partial charge in [-0.05, 0) is 48.9 Å². The van der Waals surface area contributed by atoms with Crippen LogP contribution in [0.15, 0.2) is 67.1 Å². The van der Waals surface area contributed by atoms with Gasteiger partial charge in [0.05, 0.1) is 11.4 Å². The number of aromatic nitrogens is 3. The molecule has 36 heavy (non-hydrogen) atoms. The normalized spacial score (nSPS) is 13.7. The Bertz CT molecular complexity index is 1300. The van der Waals surface area contributed by atoms with Crippen LogP contribution < -0.4 is 14.9 Å². The molecule has 2 aromatic heterocycles. The Kier molecular flexibility index (Phi) is 7.48. The van der Waals surface area contributed by atoms with Crippen LogP contribution in [-0.4, -0.2) is 46.7 Å². The second kappa shape index (κ2) is 11.1. The predicted octanol–water partition coefficient (Wildman–Crippen LogP) is 5.76. The molecule has 1 aliphatic rings. The van der Waals surface area contributed by atoms with E-state index in [1.54, 1.807) is 23.3 Å². The van der Waals surface area contributed by atoms with Crippen LogP contribution in [0.5, 0.6) is 0 Å². The first-order valence-corrected chi connectivity index (χ1v) is 13.1. The van der Waals surface area contributed by atoms with E-state index in [-0.39, 0.29) is 11.3 Å². The number of nitrogens with one attached hydrogen (secondary N) is 2. The molecule has 1 fully saturated rings. The zero-order valence-electron chi connectivity index (χ0n) is 20.0. The second-order valence-electron chi connectivity index (χ2n) is 8.59. The van der Waals surface area contributed by atoms with E-state index in [0.717, 1.165) is 55.3 Å². The molecule has 2 aromatic carbocycles. The predicted molar refractivity (Wildman–Crippen MR) is 144 cm³/mol. The lowest BCUT2D eigenvalue weighted by Gasteiger charge is -2.29. The molecule has 0 amide bonds. The molecule has 6 nitrogen and oxygen atoms in total. The molecular formula is C27H28F2N6S. The van der Waals surface area contributed by atoms with Crippen molar-refractivity contribution in [1.29, 1.82) is 0 Å². The van der Waals surface area contributed by atoms with Crippen molar-refractivity contribution in [2.75, 3.05) is 41.6 Å². The van der Waals surface area contributed by atoms with E-state index < -0.39 is 11.6 Å². The molecule has 9 heteroatoms. The average Bonchev–Trinajstić information content (AvgIpc) is 3.37. The molecule has 0 unspecified atom stereocenters. The first-order valence-electron chi connectivity index (χ1n) is 12.1. The number of nitrogens with zero attached hydrogens (tertiary/aromatic N) is 4. The van der Waals surface area contributed by atoms with Gasteiger partial charge >= 0.3 is 0 Å². The van der Waals surface area contributed by atoms with Crippen LogP contribution in [0.4, 0.5) is 20.2 Å². The van der Waals surface area contributed by atoms with Crippen LogP contribution in [0.2, 0.25) is 0 Å². The van der Waals surface area contributed by atoms with E-state index >= 15 is 4.39 Å². The number of rotatable bonds is 8. The zero-order chi connectivity index (χ0) is 24.9. The van der Waals surface area contributed by atoms with E-state index in [4.69, 9.17) is 5.10 Å². The van der Waals surface area contributed by atoms with Crippen molar-refractivity contribution in [3.8, 4) is 28.1 Å². The minimum absolute atomic E-state index is 0.122. The maximum atomic E-state index is 15.6. The summed E-state index contributed by atoms with van der Waals surface area (Å²) in [6.45, 7) is 5.89. The van der Waals surface area contributed by atoms with Crippen LogP contribution >= 0.6 is 11.9 Å². The number of hydrogen-bond donors (Lipinski definition) is 2. The van der Waals surface area contributed by atoms with Crippen molar-refractivity contribution in [2.24, 2.45) is 0 Å². The molecule has 0 spiro atoms. The van der Waals surface area contributed by atoms with Gasteiger partial charge in [-0.15, -0.1) is 0 Å². The van der Waals surface area contributed by atoms with Gasteiger partial charge in [-0.2, -0.15) is 5.10 Å². The van der Waals surface area contributed by atoms with Crippen LogP contribution in [0.25, 0.3) is 28.1 Å². The van der Waals surface area contributed by atoms with Crippen molar-refractivity contribution in [1.82, 2.24) is 20.1 Å². The van der Waals surface area contributed by atoms with E-state index in [1.807, 2.05) is 31.2 Å². The summed E-state index contributed by atoms with van der Waals surface area (Å²) in [7, 11) is 0. The molecular weight excluding hydrogens is 478 g/mol. The Balaban J connectivity index is 1.55. The van der Waals surface area contributed by atoms with E-state index in [9.17, 15) is 4.39 Å². The summed E-state index contributed by atoms with van der Waals surface area (Å²) >= 11 is 1.36. The third-order valence-corrected chi connectivity index (χ3v) is 7.06. The molecule has 2 N–H and O–H groups in total. The number of benzene rings is 2. The van der Waals surface area contributed by atoms with Crippen molar-refractivity contribution < 1.29 is 8.78 Å². The fraction of sp³-hybridized carbons (Fsp3) is 0.259. The lowest BCUT2D eigenvalue weighted by Crippen LogP contribution is -2.43. The maximum Gasteiger partial charge on any atom is 0.155 e. The van der Waals surface area contributed by atoms with E-state index in [2.05, 4.69) is 32.1 Å². The topological polar surface area (TPSA) is 58.0 Å². The van der Waals surface area contributed by atoms with E-state index in [1.165, 1.54) is 24.1 Å². The van der Waals surface area contributed by atoms with Gasteiger partial charge in [-0.3, -0.25) is 4.98 Å². The average molecular weight is 507 g/mol. The first kappa shape index (κ1) is 24.3. The summed E-state index contributed by atoms with van der Waals surface area (Å²) in [5.74, 6) is -0.237. The van der Waals surface area contributed by atoms with Crippen molar-refractivity contribution >= 4 is 23.3 Å². The van der Waals surface area contributed by atoms with Gasteiger partial charge in [0.2, 0.25) is 0 Å². The summed E-state index contributed by atoms with van der Waals surface area (Å²) in [5, 5.41) is 8.16. The number of halogens is 2. The van der Waals surface area contributed by atoms with Gasteiger partial charge in [0.25, 0.3) is 0 Å². The molecule has 0 saturated carbocycles. The molecule has 3 heterocycles. The van der Waals surface area contributed by atoms with Crippen molar-refractivity contribution in [3.05, 3.63) is 78.8 Å². The second-order valence-corrected chi connectivity index (χ2v) is 9.49. The van der Waals surface area contributed by atoms with Crippen LogP contribution in [0.1, 0.15) is 13.3 Å². The standard InChI is InChI=1S/C27H28F2N6S/c1-2-15-36-33-25-17-20(28)16-23(26(25)29)24-18-35(32-27(24)19-7-9-30-10-8-19)22-5-3-21(4-6-22)34-13-11-31-12-14-34/h3-10,16-18,31,33H,2,11-15H2,1H3. The summed E-state index contributed by atoms with van der Waals surface area (Å²) in [6.07, 6.45) is 6.01. The fourth-order valence-electron chi connectivity index (χ4n) is 4.26. The largest absolute Gasteiger partial charge is 0.369 e. The number of anilines is 2. The quantitative estimate of drug-likeness (QED) is 0.234. The molecule has 1 aliphatic heterocycles. The lowest BCUT2D eigenvalue weighted by molar-refractivity contribution is 0.589. The Morgan fingerprint density at radius 1 is 0.972 bits per heavy atom. The van der Waals surface area contributed by atoms with Gasteiger partial charge in [0.15, 0.2) is 5.82 Å². The minimum Gasteiger partial charge on any atom is -0.369 e. The molecule has 5 rings (SSSR count). The van der Waals surface area contributed by atoms with Crippen molar-refractivity contribution in [3.63, 3.8) is 0 Å². The molecule has 0 radical (unpaired) electrons. The number of pyridine rings is 1. The van der Waals surface area contributed by atoms with Crippen LogP contribution in [0.3, 0.4) is 0 Å². The minimum atomic E-state index is -0.514. The Labute approximate surface area is 213 Å². The van der Waals surface area contributed by atoms with E-state index in [0.29, 0.717) is 11.3 Å². The first-order chi connectivity index (χ1) is 17.6. The monoisotopic (exact) mass is 506 g/mol. The Morgan fingerprint density at radius 3 is 2.42 bits per heavy atom. The highest BCUT2D eigenvalue weighted by Gasteiger charge is 2.21. The summed E-state index contributed by atoms with van der Waals surface area (Å²) in [6, 6.07) is 14.2. The zero-order valence-corrected chi connectivity index (χ0v) is 20.9. The lowest BCUT2D eigenvalue weighted by atomic mass is 10.0. The Morgan fingerprint density at radius 2 is 1.69 bits per heavy atom.